The van der Waals surface area contributed by atoms with Gasteiger partial charge in [-0.15, -0.1) is 0 Å². The number of hydrogen-bond donors (Lipinski definition) is 2. The summed E-state index contributed by atoms with van der Waals surface area (Å²) in [5.41, 5.74) is 5.10. The number of amidine groups is 1. The lowest BCUT2D eigenvalue weighted by atomic mass is 10.2. The smallest absolute Gasteiger partial charge is 0.410 e. The minimum atomic E-state index is -0.482. The molecular weight excluding hydrogens is 318 g/mol. The number of carbonyl (C=O) groups is 1. The third-order valence-corrected chi connectivity index (χ3v) is 5.02. The zero-order chi connectivity index (χ0) is 16.8. The standard InChI is InChI=1S/C14H21N5O3S/c1-14(2,3)22-13(20)19-7-8-4-9(19)6-18(8)12-16-5-10(23-12)11(15)17-21/h5,8-9,21H,4,6-7H2,1-3H3,(H2,15,17). The summed E-state index contributed by atoms with van der Waals surface area (Å²) in [5, 5.41) is 12.6. The fourth-order valence-electron chi connectivity index (χ4n) is 3.01. The van der Waals surface area contributed by atoms with Gasteiger partial charge in [0, 0.05) is 13.1 Å². The number of fused-ring (bicyclic) bond motifs is 2. The Labute approximate surface area is 138 Å². The fraction of sp³-hybridized carbons (Fsp3) is 0.643. The van der Waals surface area contributed by atoms with Crippen LogP contribution in [0.3, 0.4) is 0 Å². The van der Waals surface area contributed by atoms with E-state index in [0.29, 0.717) is 11.4 Å². The van der Waals surface area contributed by atoms with E-state index in [0.717, 1.165) is 18.1 Å². The minimum absolute atomic E-state index is 0.0634. The number of carbonyl (C=O) groups excluding carboxylic acids is 1. The largest absolute Gasteiger partial charge is 0.444 e. The zero-order valence-electron chi connectivity index (χ0n) is 13.4. The van der Waals surface area contributed by atoms with Crippen LogP contribution in [-0.2, 0) is 4.74 Å². The Bertz CT molecular complexity index is 639. The minimum Gasteiger partial charge on any atom is -0.444 e. The van der Waals surface area contributed by atoms with Crippen molar-refractivity contribution in [2.45, 2.75) is 44.9 Å². The summed E-state index contributed by atoms with van der Waals surface area (Å²) in [5.74, 6) is 0.0634. The molecule has 0 saturated carbocycles. The van der Waals surface area contributed by atoms with Gasteiger partial charge in [0.25, 0.3) is 0 Å². The number of amides is 1. The topological polar surface area (TPSA) is 104 Å². The van der Waals surface area contributed by atoms with Crippen LogP contribution < -0.4 is 10.6 Å². The molecular formula is C14H21N5O3S. The number of anilines is 1. The Morgan fingerprint density at radius 3 is 2.78 bits per heavy atom. The van der Waals surface area contributed by atoms with E-state index in [1.165, 1.54) is 11.3 Å². The van der Waals surface area contributed by atoms with E-state index < -0.39 is 5.60 Å². The van der Waals surface area contributed by atoms with E-state index in [9.17, 15) is 4.79 Å². The van der Waals surface area contributed by atoms with Gasteiger partial charge in [-0.25, -0.2) is 9.78 Å². The van der Waals surface area contributed by atoms with E-state index in [1.807, 2.05) is 25.7 Å². The SMILES string of the molecule is CC(C)(C)OC(=O)N1CC2CC1CN2c1ncc(/C(N)=N/O)s1. The van der Waals surface area contributed by atoms with Crippen molar-refractivity contribution in [1.29, 1.82) is 0 Å². The molecule has 8 nitrogen and oxygen atoms in total. The molecule has 0 aliphatic carbocycles. The summed E-state index contributed by atoms with van der Waals surface area (Å²) < 4.78 is 5.46. The highest BCUT2D eigenvalue weighted by molar-refractivity contribution is 7.17. The van der Waals surface area contributed by atoms with Crippen molar-refractivity contribution >= 4 is 28.4 Å². The van der Waals surface area contributed by atoms with Crippen LogP contribution in [-0.4, -0.2) is 57.8 Å². The quantitative estimate of drug-likeness (QED) is 0.366. The van der Waals surface area contributed by atoms with Crippen molar-refractivity contribution in [1.82, 2.24) is 9.88 Å². The maximum atomic E-state index is 12.2. The summed E-state index contributed by atoms with van der Waals surface area (Å²) in [6, 6.07) is 0.380. The first-order valence-electron chi connectivity index (χ1n) is 7.48. The Kier molecular flexibility index (Phi) is 3.83. The Morgan fingerprint density at radius 2 is 2.22 bits per heavy atom. The maximum Gasteiger partial charge on any atom is 0.410 e. The van der Waals surface area contributed by atoms with Crippen LogP contribution in [0, 0.1) is 0 Å². The molecule has 0 radical (unpaired) electrons. The van der Waals surface area contributed by atoms with Gasteiger partial charge in [0.2, 0.25) is 0 Å². The van der Waals surface area contributed by atoms with Gasteiger partial charge in [0.15, 0.2) is 11.0 Å². The Hall–Kier alpha value is -2.03. The molecule has 1 aromatic heterocycles. The van der Waals surface area contributed by atoms with Gasteiger partial charge in [0.1, 0.15) is 5.60 Å². The van der Waals surface area contributed by atoms with Gasteiger partial charge >= 0.3 is 6.09 Å². The lowest BCUT2D eigenvalue weighted by Crippen LogP contribution is -2.50. The number of oxime groups is 1. The lowest BCUT2D eigenvalue weighted by Gasteiger charge is -2.35. The molecule has 0 aromatic carbocycles. The van der Waals surface area contributed by atoms with Crippen molar-refractivity contribution in [3.8, 4) is 0 Å². The number of ether oxygens (including phenoxy) is 1. The van der Waals surface area contributed by atoms with Crippen molar-refractivity contribution in [2.24, 2.45) is 10.9 Å². The first-order chi connectivity index (χ1) is 10.8. The van der Waals surface area contributed by atoms with Crippen LogP contribution in [0.5, 0.6) is 0 Å². The first-order valence-corrected chi connectivity index (χ1v) is 8.30. The highest BCUT2D eigenvalue weighted by Gasteiger charge is 2.47. The molecule has 2 fully saturated rings. The van der Waals surface area contributed by atoms with Gasteiger partial charge in [-0.3, -0.25) is 0 Å². The van der Waals surface area contributed by atoms with E-state index in [1.54, 1.807) is 6.20 Å². The third kappa shape index (κ3) is 3.05. The molecule has 23 heavy (non-hydrogen) atoms. The molecule has 1 aromatic rings. The molecule has 2 atom stereocenters. The molecule has 2 saturated heterocycles. The summed E-state index contributed by atoms with van der Waals surface area (Å²) in [7, 11) is 0. The van der Waals surface area contributed by atoms with Crippen LogP contribution >= 0.6 is 11.3 Å². The molecule has 0 spiro atoms. The van der Waals surface area contributed by atoms with Gasteiger partial charge in [-0.05, 0) is 27.2 Å². The highest BCUT2D eigenvalue weighted by atomic mass is 32.1. The Balaban J connectivity index is 1.67. The van der Waals surface area contributed by atoms with Crippen molar-refractivity contribution in [2.75, 3.05) is 18.0 Å². The summed E-state index contributed by atoms with van der Waals surface area (Å²) in [4.78, 5) is 21.2. The second-order valence-electron chi connectivity index (χ2n) is 6.82. The number of hydrogen-bond acceptors (Lipinski definition) is 7. The van der Waals surface area contributed by atoms with Gasteiger partial charge in [0.05, 0.1) is 23.2 Å². The predicted molar refractivity (Wildman–Crippen MR) is 87.1 cm³/mol. The number of aromatic nitrogens is 1. The Morgan fingerprint density at radius 1 is 1.48 bits per heavy atom. The number of nitrogens with zero attached hydrogens (tertiary/aromatic N) is 4. The van der Waals surface area contributed by atoms with E-state index in [2.05, 4.69) is 15.0 Å². The second-order valence-corrected chi connectivity index (χ2v) is 7.83. The van der Waals surface area contributed by atoms with Crippen molar-refractivity contribution in [3.05, 3.63) is 11.1 Å². The molecule has 2 aliphatic heterocycles. The molecule has 3 rings (SSSR count). The molecule has 2 aliphatic rings. The predicted octanol–water partition coefficient (Wildman–Crippen LogP) is 1.44. The number of likely N-dealkylation sites (tertiary alicyclic amines) is 1. The number of nitrogens with two attached hydrogens (primary N) is 1. The maximum absolute atomic E-state index is 12.2. The normalized spacial score (nSPS) is 24.4. The highest BCUT2D eigenvalue weighted by Crippen LogP contribution is 2.37. The lowest BCUT2D eigenvalue weighted by molar-refractivity contribution is 0.0214. The molecule has 1 amide bonds. The van der Waals surface area contributed by atoms with Gasteiger partial charge in [-0.1, -0.05) is 16.5 Å². The van der Waals surface area contributed by atoms with Gasteiger partial charge in [-0.2, -0.15) is 0 Å². The van der Waals surface area contributed by atoms with E-state index >= 15 is 0 Å². The third-order valence-electron chi connectivity index (χ3n) is 3.97. The van der Waals surface area contributed by atoms with E-state index in [-0.39, 0.29) is 24.0 Å². The van der Waals surface area contributed by atoms with Crippen molar-refractivity contribution in [3.63, 3.8) is 0 Å². The van der Waals surface area contributed by atoms with Crippen LogP contribution in [0.2, 0.25) is 0 Å². The van der Waals surface area contributed by atoms with Crippen LogP contribution in [0.4, 0.5) is 9.93 Å². The molecule has 3 N–H and O–H groups in total. The first kappa shape index (κ1) is 15.9. The van der Waals surface area contributed by atoms with Crippen LogP contribution in [0.15, 0.2) is 11.4 Å². The number of rotatable bonds is 2. The van der Waals surface area contributed by atoms with E-state index in [4.69, 9.17) is 15.7 Å². The monoisotopic (exact) mass is 339 g/mol. The summed E-state index contributed by atoms with van der Waals surface area (Å²) >= 11 is 1.39. The van der Waals surface area contributed by atoms with Crippen LogP contribution in [0.25, 0.3) is 0 Å². The van der Waals surface area contributed by atoms with Crippen LogP contribution in [0.1, 0.15) is 32.1 Å². The average Bonchev–Trinajstić information content (AvgIpc) is 3.18. The summed E-state index contributed by atoms with van der Waals surface area (Å²) in [6.07, 6.45) is 2.27. The van der Waals surface area contributed by atoms with Crippen molar-refractivity contribution < 1.29 is 14.7 Å². The molecule has 9 heteroatoms. The zero-order valence-corrected chi connectivity index (χ0v) is 14.2. The molecule has 2 bridgehead atoms. The average molecular weight is 339 g/mol. The second kappa shape index (κ2) is 5.55. The van der Waals surface area contributed by atoms with Gasteiger partial charge < -0.3 is 25.5 Å². The number of thiazole rings is 1. The number of piperazine rings is 1. The molecule has 2 unspecified atom stereocenters. The molecule has 126 valence electrons. The fourth-order valence-corrected chi connectivity index (χ4v) is 3.90. The molecule has 3 heterocycles. The summed E-state index contributed by atoms with van der Waals surface area (Å²) in [6.45, 7) is 6.98.